The highest BCUT2D eigenvalue weighted by atomic mass is 32.2. The number of aliphatic hydroxyl groups is 1. The molecule has 1 fully saturated rings. The van der Waals surface area contributed by atoms with Crippen molar-refractivity contribution in [3.8, 4) is 0 Å². The van der Waals surface area contributed by atoms with Crippen LogP contribution in [0.1, 0.15) is 18.7 Å². The Morgan fingerprint density at radius 3 is 2.55 bits per heavy atom. The molecule has 0 spiro atoms. The summed E-state index contributed by atoms with van der Waals surface area (Å²) in [7, 11) is 0. The van der Waals surface area contributed by atoms with Crippen LogP contribution in [0, 0.1) is 11.8 Å². The molecule has 156 valence electrons. The second-order valence-corrected chi connectivity index (χ2v) is 10.4. The fourth-order valence-electron chi connectivity index (χ4n) is 4.44. The van der Waals surface area contributed by atoms with E-state index in [-0.39, 0.29) is 23.6 Å². The molecule has 0 aromatic carbocycles. The number of rotatable bonds is 6. The van der Waals surface area contributed by atoms with Crippen LogP contribution >= 0.6 is 46.8 Å². The fourth-order valence-corrected chi connectivity index (χ4v) is 8.67. The third kappa shape index (κ3) is 2.81. The maximum atomic E-state index is 12.6. The molecule has 2 aromatic heterocycles. The van der Waals surface area contributed by atoms with Crippen LogP contribution in [-0.2, 0) is 9.59 Å². The second-order valence-electron chi connectivity index (χ2n) is 7.05. The summed E-state index contributed by atoms with van der Waals surface area (Å²) in [6, 6.07) is -0.344. The number of imidazole rings is 1. The number of β-lactam (4-membered cyclic amide) rings is 1. The Kier molecular flexibility index (Phi) is 5.48. The standard InChI is InChI=1S/C18H21N3O4S4/c1-7-10(13(17(24)25)20-12(7)11(8(2)22)14(20)23)9-6-19-15(29-9)16(26-3)21(28-5)18(19)27-4/h6-8,11-12,22H,1-5H3/t7-,8+,11+,12+/m0/s1. The predicted molar refractivity (Wildman–Crippen MR) is 115 cm³/mol. The van der Waals surface area contributed by atoms with Gasteiger partial charge in [-0.3, -0.25) is 4.79 Å². The summed E-state index contributed by atoms with van der Waals surface area (Å²) in [6.07, 6.45) is 7.19. The highest BCUT2D eigenvalue weighted by Crippen LogP contribution is 2.51. The molecule has 7 nitrogen and oxygen atoms in total. The van der Waals surface area contributed by atoms with Crippen molar-refractivity contribution in [2.75, 3.05) is 18.8 Å². The van der Waals surface area contributed by atoms with Crippen LogP contribution in [0.3, 0.4) is 0 Å². The van der Waals surface area contributed by atoms with E-state index in [4.69, 9.17) is 0 Å². The number of aliphatic carboxylic acids is 1. The molecular formula is C18H21N3O4S4. The van der Waals surface area contributed by atoms with Gasteiger partial charge in [-0.1, -0.05) is 30.0 Å². The smallest absolute Gasteiger partial charge is 0.336 e. The van der Waals surface area contributed by atoms with Crippen molar-refractivity contribution in [1.29, 1.82) is 0 Å². The molecule has 1 amide bonds. The first-order valence-electron chi connectivity index (χ1n) is 8.97. The van der Waals surface area contributed by atoms with E-state index in [9.17, 15) is 19.8 Å². The Bertz CT molecular complexity index is 1020. The van der Waals surface area contributed by atoms with Crippen LogP contribution in [-0.4, -0.2) is 56.8 Å². The second kappa shape index (κ2) is 7.52. The number of hydrogen-bond acceptors (Lipinski definition) is 8. The summed E-state index contributed by atoms with van der Waals surface area (Å²) in [4.78, 5) is 27.7. The topological polar surface area (TPSA) is 89.7 Å². The monoisotopic (exact) mass is 471 g/mol. The lowest BCUT2D eigenvalue weighted by Crippen LogP contribution is -2.64. The van der Waals surface area contributed by atoms with Crippen molar-refractivity contribution in [2.24, 2.45) is 11.8 Å². The molecular weight excluding hydrogens is 450 g/mol. The zero-order valence-corrected chi connectivity index (χ0v) is 19.8. The fraction of sp³-hybridized carbons (Fsp3) is 0.500. The molecule has 0 bridgehead atoms. The van der Waals surface area contributed by atoms with Gasteiger partial charge in [-0.15, -0.1) is 3.97 Å². The number of nitrogens with zero attached hydrogens (tertiary/aromatic N) is 3. The Hall–Kier alpha value is -1.14. The predicted octanol–water partition coefficient (Wildman–Crippen LogP) is 1.18. The molecule has 29 heavy (non-hydrogen) atoms. The van der Waals surface area contributed by atoms with E-state index < -0.39 is 18.0 Å². The van der Waals surface area contributed by atoms with Gasteiger partial charge in [-0.25, -0.2) is 0 Å². The number of aromatic nitrogens is 2. The number of aliphatic hydroxyl groups excluding tert-OH is 1. The van der Waals surface area contributed by atoms with Crippen LogP contribution in [0.15, 0.2) is 22.1 Å². The number of hydrogen-bond donors (Lipinski definition) is 1. The summed E-state index contributed by atoms with van der Waals surface area (Å²) in [6.45, 7) is 3.50. The molecule has 0 radical (unpaired) electrons. The molecule has 0 aliphatic carbocycles. The number of thioether (sulfide) groups is 2. The number of carbonyl (C=O) groups excluding carboxylic acids is 2. The van der Waals surface area contributed by atoms with Crippen molar-refractivity contribution in [3.63, 3.8) is 0 Å². The number of amides is 1. The molecule has 1 saturated heterocycles. The lowest BCUT2D eigenvalue weighted by molar-refractivity contribution is -0.552. The van der Waals surface area contributed by atoms with Gasteiger partial charge in [0, 0.05) is 17.7 Å². The summed E-state index contributed by atoms with van der Waals surface area (Å²) < 4.78 is 4.25. The van der Waals surface area contributed by atoms with Gasteiger partial charge in [-0.2, -0.15) is 4.40 Å². The van der Waals surface area contributed by atoms with E-state index >= 15 is 0 Å². The molecule has 4 heterocycles. The largest absolute Gasteiger partial charge is 0.543 e. The normalized spacial score (nSPS) is 25.0. The van der Waals surface area contributed by atoms with Crippen molar-refractivity contribution in [3.05, 3.63) is 16.8 Å². The van der Waals surface area contributed by atoms with Crippen molar-refractivity contribution in [2.45, 2.75) is 36.2 Å². The molecule has 0 saturated carbocycles. The van der Waals surface area contributed by atoms with Crippen molar-refractivity contribution < 1.29 is 24.2 Å². The third-order valence-corrected chi connectivity index (χ3v) is 9.33. The Morgan fingerprint density at radius 1 is 1.34 bits per heavy atom. The Balaban J connectivity index is 1.90. The van der Waals surface area contributed by atoms with Gasteiger partial charge >= 0.3 is 5.16 Å². The first-order chi connectivity index (χ1) is 13.8. The zero-order chi connectivity index (χ0) is 21.2. The first kappa shape index (κ1) is 21.1. The molecule has 4 atom stereocenters. The van der Waals surface area contributed by atoms with Gasteiger partial charge in [0.05, 0.1) is 46.6 Å². The summed E-state index contributed by atoms with van der Waals surface area (Å²) >= 11 is 6.42. The minimum Gasteiger partial charge on any atom is -0.543 e. The molecule has 4 rings (SSSR count). The van der Waals surface area contributed by atoms with Crippen LogP contribution in [0.2, 0.25) is 0 Å². The lowest BCUT2D eigenvalue weighted by Gasteiger charge is -2.47. The zero-order valence-electron chi connectivity index (χ0n) is 16.5. The van der Waals surface area contributed by atoms with Gasteiger partial charge in [0.1, 0.15) is 6.20 Å². The molecule has 0 unspecified atom stereocenters. The highest BCUT2D eigenvalue weighted by Gasteiger charge is 2.59. The van der Waals surface area contributed by atoms with E-state index in [0.717, 1.165) is 19.9 Å². The molecule has 2 aliphatic heterocycles. The minimum absolute atomic E-state index is 0.0527. The number of carboxylic acids is 1. The van der Waals surface area contributed by atoms with Gasteiger partial charge in [0.15, 0.2) is 0 Å². The third-order valence-electron chi connectivity index (χ3n) is 5.61. The van der Waals surface area contributed by atoms with Crippen LogP contribution in [0.5, 0.6) is 0 Å². The van der Waals surface area contributed by atoms with E-state index in [1.165, 1.54) is 16.2 Å². The first-order valence-corrected chi connectivity index (χ1v) is 13.4. The quantitative estimate of drug-likeness (QED) is 0.384. The maximum absolute atomic E-state index is 12.6. The van der Waals surface area contributed by atoms with E-state index in [1.807, 2.05) is 31.9 Å². The van der Waals surface area contributed by atoms with Crippen molar-refractivity contribution >= 4 is 69.1 Å². The van der Waals surface area contributed by atoms with E-state index in [0.29, 0.717) is 5.57 Å². The average Bonchev–Trinajstić information content (AvgIpc) is 3.27. The van der Waals surface area contributed by atoms with E-state index in [1.54, 1.807) is 42.4 Å². The minimum atomic E-state index is -1.35. The molecule has 1 N–H and O–H groups in total. The molecule has 2 aliphatic rings. The van der Waals surface area contributed by atoms with Crippen LogP contribution < -0.4 is 9.51 Å². The SMILES string of the molecule is CSc1c2sc(C3=C(C(=O)[O-])N4C(=O)[C@H]([C@@H](C)O)[C@H]4[C@H]3C)c[n+]2c(SC)n1SC. The highest BCUT2D eigenvalue weighted by molar-refractivity contribution is 8.02. The van der Waals surface area contributed by atoms with Crippen LogP contribution in [0.25, 0.3) is 10.4 Å². The van der Waals surface area contributed by atoms with Gasteiger partial charge in [-0.05, 0) is 31.2 Å². The summed E-state index contributed by atoms with van der Waals surface area (Å²) in [5.74, 6) is -2.47. The molecule has 2 aromatic rings. The van der Waals surface area contributed by atoms with Gasteiger partial charge in [0.2, 0.25) is 15.8 Å². The van der Waals surface area contributed by atoms with Crippen molar-refractivity contribution in [1.82, 2.24) is 8.87 Å². The lowest BCUT2D eigenvalue weighted by atomic mass is 9.77. The van der Waals surface area contributed by atoms with Gasteiger partial charge in [0.25, 0.3) is 0 Å². The summed E-state index contributed by atoms with van der Waals surface area (Å²) in [5.41, 5.74) is 0.568. The maximum Gasteiger partial charge on any atom is 0.336 e. The number of thiazole rings is 1. The number of carbonyl (C=O) groups is 2. The number of fused-ring (bicyclic) bond motifs is 2. The Morgan fingerprint density at radius 2 is 2.03 bits per heavy atom. The summed E-state index contributed by atoms with van der Waals surface area (Å²) in [5, 5.41) is 24.2. The Labute approximate surface area is 185 Å². The molecule has 11 heteroatoms. The average molecular weight is 472 g/mol. The van der Waals surface area contributed by atoms with E-state index in [2.05, 4.69) is 8.37 Å². The number of carboxylic acid groups (broad SMARTS) is 1. The van der Waals surface area contributed by atoms with Gasteiger partial charge < -0.3 is 19.9 Å². The van der Waals surface area contributed by atoms with Crippen LogP contribution in [0.4, 0.5) is 0 Å².